The number of piperazine rings is 1. The molecule has 1 saturated heterocycles. The number of rotatable bonds is 7. The van der Waals surface area contributed by atoms with Gasteiger partial charge in [-0.05, 0) is 12.8 Å². The Bertz CT molecular complexity index is 618. The second-order valence-electron chi connectivity index (χ2n) is 8.86. The van der Waals surface area contributed by atoms with Crippen LogP contribution in [0.2, 0.25) is 5.02 Å². The van der Waals surface area contributed by atoms with E-state index in [9.17, 15) is 4.79 Å². The maximum Gasteiger partial charge on any atom is 0.226 e. The highest BCUT2D eigenvalue weighted by Gasteiger charge is 2.27. The van der Waals surface area contributed by atoms with E-state index in [4.69, 9.17) is 11.6 Å². The first kappa shape index (κ1) is 21.6. The minimum absolute atomic E-state index is 0.185. The zero-order valence-electron chi connectivity index (χ0n) is 17.7. The van der Waals surface area contributed by atoms with E-state index in [0.29, 0.717) is 17.5 Å². The van der Waals surface area contributed by atoms with Crippen molar-refractivity contribution in [1.29, 1.82) is 0 Å². The van der Waals surface area contributed by atoms with Gasteiger partial charge >= 0.3 is 0 Å². The first-order valence-electron chi connectivity index (χ1n) is 11.1. The molecule has 0 radical (unpaired) electrons. The number of nitrogens with one attached hydrogen (secondary N) is 2. The standard InChI is InChI=1S/C21H36ClN5O/c1-24-12-14-26(15-13-24)10-7-11-27(17-20-19(22)16-25(2)23-20)21(28)18-8-5-3-4-6-9-18/h16,18H,3-15,17H2,1-2H3/p+2. The molecule has 0 unspecified atom stereocenters. The van der Waals surface area contributed by atoms with Gasteiger partial charge in [-0.2, -0.15) is 5.10 Å². The molecular weight excluding hydrogens is 374 g/mol. The quantitative estimate of drug-likeness (QED) is 0.628. The lowest BCUT2D eigenvalue weighted by Crippen LogP contribution is -3.27. The number of carbonyl (C=O) groups excluding carboxylic acids is 1. The molecule has 1 aliphatic carbocycles. The molecule has 158 valence electrons. The Morgan fingerprint density at radius 2 is 1.89 bits per heavy atom. The molecule has 1 aromatic rings. The highest BCUT2D eigenvalue weighted by molar-refractivity contribution is 6.31. The summed E-state index contributed by atoms with van der Waals surface area (Å²) in [4.78, 5) is 18.7. The Labute approximate surface area is 174 Å². The van der Waals surface area contributed by atoms with E-state index in [1.165, 1.54) is 51.9 Å². The van der Waals surface area contributed by atoms with Gasteiger partial charge in [-0.25, -0.2) is 0 Å². The van der Waals surface area contributed by atoms with Gasteiger partial charge < -0.3 is 14.7 Å². The number of aromatic nitrogens is 2. The third-order valence-corrected chi connectivity index (χ3v) is 6.80. The summed E-state index contributed by atoms with van der Waals surface area (Å²) in [5.74, 6) is 0.506. The minimum atomic E-state index is 0.185. The number of hydrogen-bond acceptors (Lipinski definition) is 2. The van der Waals surface area contributed by atoms with E-state index in [0.717, 1.165) is 38.0 Å². The van der Waals surface area contributed by atoms with Crippen LogP contribution in [0, 0.1) is 5.92 Å². The normalized spacial score (nSPS) is 24.1. The van der Waals surface area contributed by atoms with E-state index in [-0.39, 0.29) is 5.92 Å². The second-order valence-corrected chi connectivity index (χ2v) is 9.26. The van der Waals surface area contributed by atoms with Crippen molar-refractivity contribution in [1.82, 2.24) is 14.7 Å². The van der Waals surface area contributed by atoms with E-state index in [2.05, 4.69) is 12.1 Å². The number of quaternary nitrogens is 2. The van der Waals surface area contributed by atoms with Crippen LogP contribution in [0.1, 0.15) is 50.6 Å². The summed E-state index contributed by atoms with van der Waals surface area (Å²) in [6.07, 6.45) is 9.86. The van der Waals surface area contributed by atoms with Crippen LogP contribution in [0.3, 0.4) is 0 Å². The first-order valence-corrected chi connectivity index (χ1v) is 11.5. The molecule has 3 rings (SSSR count). The zero-order valence-corrected chi connectivity index (χ0v) is 18.4. The highest BCUT2D eigenvalue weighted by atomic mass is 35.5. The average molecular weight is 412 g/mol. The van der Waals surface area contributed by atoms with E-state index in [1.54, 1.807) is 14.5 Å². The fourth-order valence-corrected chi connectivity index (χ4v) is 4.88. The molecule has 2 heterocycles. The van der Waals surface area contributed by atoms with Crippen LogP contribution >= 0.6 is 11.6 Å². The summed E-state index contributed by atoms with van der Waals surface area (Å²) in [6.45, 7) is 7.50. The van der Waals surface area contributed by atoms with Gasteiger partial charge in [0.25, 0.3) is 0 Å². The van der Waals surface area contributed by atoms with Crippen LogP contribution in [0.15, 0.2) is 6.20 Å². The van der Waals surface area contributed by atoms with E-state index < -0.39 is 0 Å². The van der Waals surface area contributed by atoms with Crippen LogP contribution < -0.4 is 9.80 Å². The molecule has 2 N–H and O–H groups in total. The van der Waals surface area contributed by atoms with Crippen LogP contribution in [-0.2, 0) is 18.4 Å². The largest absolute Gasteiger partial charge is 0.336 e. The number of aryl methyl sites for hydroxylation is 1. The summed E-state index contributed by atoms with van der Waals surface area (Å²) in [5, 5.41) is 5.15. The molecule has 0 aromatic carbocycles. The van der Waals surface area contributed by atoms with Crippen molar-refractivity contribution in [3.05, 3.63) is 16.9 Å². The van der Waals surface area contributed by atoms with Crippen LogP contribution in [0.4, 0.5) is 0 Å². The predicted octanol–water partition coefficient (Wildman–Crippen LogP) is 0.176. The third kappa shape index (κ3) is 6.19. The molecule has 1 aromatic heterocycles. The third-order valence-electron chi connectivity index (χ3n) is 6.48. The lowest BCUT2D eigenvalue weighted by atomic mass is 9.98. The minimum Gasteiger partial charge on any atom is -0.336 e. The molecule has 0 atom stereocenters. The summed E-state index contributed by atoms with van der Waals surface area (Å²) < 4.78 is 1.74. The molecule has 2 fully saturated rings. The first-order chi connectivity index (χ1) is 13.5. The fraction of sp³-hybridized carbons (Fsp3) is 0.810. The lowest BCUT2D eigenvalue weighted by Gasteiger charge is -2.29. The van der Waals surface area contributed by atoms with Crippen molar-refractivity contribution in [3.8, 4) is 0 Å². The molecule has 0 bridgehead atoms. The molecule has 0 spiro atoms. The number of nitrogens with zero attached hydrogens (tertiary/aromatic N) is 3. The van der Waals surface area contributed by atoms with Crippen molar-refractivity contribution in [2.75, 3.05) is 46.3 Å². The van der Waals surface area contributed by atoms with Crippen molar-refractivity contribution in [2.45, 2.75) is 51.5 Å². The SMILES string of the molecule is Cn1cc(Cl)c(CN(CCC[NH+]2CC[NH+](C)CC2)C(=O)C2CCCCCC2)n1. The summed E-state index contributed by atoms with van der Waals surface area (Å²) in [7, 11) is 4.16. The van der Waals surface area contributed by atoms with Crippen LogP contribution in [-0.4, -0.2) is 66.9 Å². The van der Waals surface area contributed by atoms with Crippen molar-refractivity contribution < 1.29 is 14.6 Å². The van der Waals surface area contributed by atoms with Gasteiger partial charge in [0.15, 0.2) is 0 Å². The number of hydrogen-bond donors (Lipinski definition) is 2. The smallest absolute Gasteiger partial charge is 0.226 e. The maximum absolute atomic E-state index is 13.3. The lowest BCUT2D eigenvalue weighted by molar-refractivity contribution is -1.00. The van der Waals surface area contributed by atoms with Crippen LogP contribution in [0.25, 0.3) is 0 Å². The monoisotopic (exact) mass is 411 g/mol. The zero-order chi connectivity index (χ0) is 19.9. The van der Waals surface area contributed by atoms with E-state index in [1.807, 2.05) is 18.1 Å². The van der Waals surface area contributed by atoms with Gasteiger partial charge in [0.2, 0.25) is 5.91 Å². The number of halogens is 1. The topological polar surface area (TPSA) is 47.0 Å². The summed E-state index contributed by atoms with van der Waals surface area (Å²) in [5.41, 5.74) is 0.821. The molecule has 2 aliphatic rings. The van der Waals surface area contributed by atoms with Gasteiger partial charge in [0, 0.05) is 32.1 Å². The summed E-state index contributed by atoms with van der Waals surface area (Å²) >= 11 is 6.35. The average Bonchev–Trinajstić information content (AvgIpc) is 2.88. The van der Waals surface area contributed by atoms with Gasteiger partial charge in [-0.3, -0.25) is 9.48 Å². The molecule has 1 saturated carbocycles. The highest BCUT2D eigenvalue weighted by Crippen LogP contribution is 2.26. The number of amides is 1. The molecular formula is C21H38ClN5O+2. The van der Waals surface area contributed by atoms with E-state index >= 15 is 0 Å². The Morgan fingerprint density at radius 1 is 1.21 bits per heavy atom. The summed E-state index contributed by atoms with van der Waals surface area (Å²) in [6, 6.07) is 0. The Balaban J connectivity index is 1.59. The maximum atomic E-state index is 13.3. The van der Waals surface area contributed by atoms with Crippen molar-refractivity contribution in [3.63, 3.8) is 0 Å². The van der Waals surface area contributed by atoms with Gasteiger partial charge in [-0.15, -0.1) is 0 Å². The molecule has 1 amide bonds. The number of carbonyl (C=O) groups is 1. The molecule has 6 nitrogen and oxygen atoms in total. The fourth-order valence-electron chi connectivity index (χ4n) is 4.65. The molecule has 28 heavy (non-hydrogen) atoms. The molecule has 7 heteroatoms. The predicted molar refractivity (Wildman–Crippen MR) is 112 cm³/mol. The van der Waals surface area contributed by atoms with Gasteiger partial charge in [-0.1, -0.05) is 37.3 Å². The van der Waals surface area contributed by atoms with Gasteiger partial charge in [0.05, 0.1) is 25.2 Å². The van der Waals surface area contributed by atoms with Gasteiger partial charge in [0.1, 0.15) is 31.9 Å². The Hall–Kier alpha value is -1.11. The molecule has 1 aliphatic heterocycles. The van der Waals surface area contributed by atoms with Crippen LogP contribution in [0.5, 0.6) is 0 Å². The number of likely N-dealkylation sites (N-methyl/N-ethyl adjacent to an activating group) is 1. The Morgan fingerprint density at radius 3 is 2.50 bits per heavy atom. The van der Waals surface area contributed by atoms with Crippen molar-refractivity contribution in [2.24, 2.45) is 13.0 Å². The second kappa shape index (κ2) is 10.6. The Kier molecular flexibility index (Phi) is 8.18. The van der Waals surface area contributed by atoms with Crippen molar-refractivity contribution >= 4 is 17.5 Å².